The Morgan fingerprint density at radius 1 is 1.02 bits per heavy atom. The number of nitrogens with zero attached hydrogens (tertiary/aromatic N) is 5. The van der Waals surface area contributed by atoms with Crippen molar-refractivity contribution in [1.29, 1.82) is 0 Å². The monoisotopic (exact) mass is 574 g/mol. The van der Waals surface area contributed by atoms with E-state index in [9.17, 15) is 14.0 Å². The van der Waals surface area contributed by atoms with Gasteiger partial charge in [0.2, 0.25) is 23.6 Å². The normalized spacial score (nSPS) is 10.6. The Morgan fingerprint density at radius 2 is 1.79 bits per heavy atom. The molecule has 0 atom stereocenters. The molecule has 2 aromatic heterocycles. The van der Waals surface area contributed by atoms with Gasteiger partial charge in [-0.1, -0.05) is 17.9 Å². The standard InChI is InChI=1S/C30H35FN8O3/c1-38(2)18-8-10-28(41)39(3)21-26(40)32-17-7-5-6-9-22-19-34-30(36-24-13-11-23(31)12-14-24)37-29(22)35-25-15-16-27(42-4)33-20-25/h8,10-16,19-20H,5,7,17-18,21H2,1-4H3,(H,32,40)(H2,34,35,36,37)/b10-8+. The van der Waals surface area contributed by atoms with Gasteiger partial charge in [0.05, 0.1) is 37.3 Å². The largest absolute Gasteiger partial charge is 0.481 e. The Labute approximate surface area is 245 Å². The smallest absolute Gasteiger partial charge is 0.246 e. The second-order valence-electron chi connectivity index (χ2n) is 9.42. The van der Waals surface area contributed by atoms with Gasteiger partial charge in [-0.3, -0.25) is 9.59 Å². The zero-order valence-corrected chi connectivity index (χ0v) is 24.1. The van der Waals surface area contributed by atoms with Crippen molar-refractivity contribution in [3.63, 3.8) is 0 Å². The molecule has 0 aliphatic heterocycles. The molecule has 0 saturated heterocycles. The van der Waals surface area contributed by atoms with E-state index < -0.39 is 0 Å². The van der Waals surface area contributed by atoms with Crippen molar-refractivity contribution >= 4 is 35.0 Å². The number of methoxy groups -OCH3 is 1. The van der Waals surface area contributed by atoms with E-state index in [1.165, 1.54) is 30.2 Å². The number of amides is 2. The van der Waals surface area contributed by atoms with Gasteiger partial charge in [-0.2, -0.15) is 4.98 Å². The molecule has 2 amide bonds. The molecular formula is C30H35FN8O3. The number of rotatable bonds is 13. The van der Waals surface area contributed by atoms with Crippen LogP contribution in [0.15, 0.2) is 60.9 Å². The maximum absolute atomic E-state index is 13.3. The van der Waals surface area contributed by atoms with Crippen molar-refractivity contribution in [2.24, 2.45) is 0 Å². The molecule has 0 saturated carbocycles. The van der Waals surface area contributed by atoms with E-state index in [4.69, 9.17) is 4.74 Å². The Kier molecular flexibility index (Phi) is 12.2. The number of pyridine rings is 1. The second kappa shape index (κ2) is 16.3. The number of aromatic nitrogens is 3. The first-order chi connectivity index (χ1) is 20.2. The number of unbranched alkanes of at least 4 members (excludes halogenated alkanes) is 1. The Balaban J connectivity index is 1.57. The minimum Gasteiger partial charge on any atom is -0.481 e. The fourth-order valence-corrected chi connectivity index (χ4v) is 3.41. The van der Waals surface area contributed by atoms with Gasteiger partial charge >= 0.3 is 0 Å². The van der Waals surface area contributed by atoms with Gasteiger partial charge in [0.1, 0.15) is 5.82 Å². The lowest BCUT2D eigenvalue weighted by Crippen LogP contribution is -2.38. The minimum atomic E-state index is -0.341. The number of anilines is 4. The van der Waals surface area contributed by atoms with Crippen LogP contribution in [0.4, 0.5) is 27.5 Å². The summed E-state index contributed by atoms with van der Waals surface area (Å²) in [5.41, 5.74) is 1.86. The van der Waals surface area contributed by atoms with Crippen LogP contribution in [0.5, 0.6) is 5.88 Å². The van der Waals surface area contributed by atoms with Crippen molar-refractivity contribution in [3.05, 3.63) is 72.3 Å². The molecular weight excluding hydrogens is 539 g/mol. The maximum Gasteiger partial charge on any atom is 0.246 e. The summed E-state index contributed by atoms with van der Waals surface area (Å²) < 4.78 is 18.4. The van der Waals surface area contributed by atoms with Crippen LogP contribution in [-0.2, 0) is 9.59 Å². The van der Waals surface area contributed by atoms with Crippen LogP contribution in [0.1, 0.15) is 18.4 Å². The number of hydrogen-bond acceptors (Lipinski definition) is 9. The lowest BCUT2D eigenvalue weighted by molar-refractivity contribution is -0.131. The van der Waals surface area contributed by atoms with Crippen LogP contribution in [-0.4, -0.2) is 84.5 Å². The molecule has 3 aromatic rings. The molecule has 0 aliphatic rings. The van der Waals surface area contributed by atoms with Gasteiger partial charge in [-0.15, -0.1) is 0 Å². The summed E-state index contributed by atoms with van der Waals surface area (Å²) in [6, 6.07) is 9.38. The zero-order chi connectivity index (χ0) is 30.3. The predicted molar refractivity (Wildman–Crippen MR) is 160 cm³/mol. The number of halogens is 1. The van der Waals surface area contributed by atoms with E-state index in [2.05, 4.69) is 42.7 Å². The first kappa shape index (κ1) is 31.5. The summed E-state index contributed by atoms with van der Waals surface area (Å²) in [5.74, 6) is 6.59. The second-order valence-corrected chi connectivity index (χ2v) is 9.42. The molecule has 0 fully saturated rings. The number of hydrogen-bond donors (Lipinski definition) is 3. The molecule has 3 rings (SSSR count). The first-order valence-electron chi connectivity index (χ1n) is 13.2. The molecule has 220 valence electrons. The fraction of sp³-hybridized carbons (Fsp3) is 0.300. The topological polar surface area (TPSA) is 125 Å². The predicted octanol–water partition coefficient (Wildman–Crippen LogP) is 3.33. The van der Waals surface area contributed by atoms with Crippen molar-refractivity contribution in [2.45, 2.75) is 12.8 Å². The molecule has 0 unspecified atom stereocenters. The molecule has 11 nitrogen and oxygen atoms in total. The van der Waals surface area contributed by atoms with E-state index in [1.54, 1.807) is 49.8 Å². The number of carbonyl (C=O) groups is 2. The molecule has 12 heteroatoms. The number of likely N-dealkylation sites (N-methyl/N-ethyl adjacent to an activating group) is 2. The molecule has 0 aliphatic carbocycles. The molecule has 0 bridgehead atoms. The van der Waals surface area contributed by atoms with Gasteiger partial charge in [-0.25, -0.2) is 14.4 Å². The third-order valence-electron chi connectivity index (χ3n) is 5.61. The summed E-state index contributed by atoms with van der Waals surface area (Å²) in [6.45, 7) is 1.04. The summed E-state index contributed by atoms with van der Waals surface area (Å²) in [6.07, 6.45) is 7.56. The number of nitrogens with one attached hydrogen (secondary N) is 3. The molecule has 1 aromatic carbocycles. The number of benzene rings is 1. The SMILES string of the molecule is COc1ccc(Nc2nc(Nc3ccc(F)cc3)ncc2C#CCCCNC(=O)CN(C)C(=O)/C=C/CN(C)C)cn1. The van der Waals surface area contributed by atoms with E-state index in [0.29, 0.717) is 60.5 Å². The van der Waals surface area contributed by atoms with Crippen LogP contribution >= 0.6 is 0 Å². The average molecular weight is 575 g/mol. The summed E-state index contributed by atoms with van der Waals surface area (Å²) in [5, 5.41) is 9.06. The Bertz CT molecular complexity index is 1420. The highest BCUT2D eigenvalue weighted by Crippen LogP contribution is 2.22. The van der Waals surface area contributed by atoms with Gasteiger partial charge in [-0.05, 0) is 50.8 Å². The van der Waals surface area contributed by atoms with Crippen LogP contribution in [0.25, 0.3) is 0 Å². The summed E-state index contributed by atoms with van der Waals surface area (Å²) in [7, 11) is 6.94. The quantitative estimate of drug-likeness (QED) is 0.160. The lowest BCUT2D eigenvalue weighted by Gasteiger charge is -2.14. The Morgan fingerprint density at radius 3 is 2.48 bits per heavy atom. The third-order valence-corrected chi connectivity index (χ3v) is 5.61. The van der Waals surface area contributed by atoms with E-state index >= 15 is 0 Å². The number of carbonyl (C=O) groups excluding carboxylic acids is 2. The highest BCUT2D eigenvalue weighted by atomic mass is 19.1. The molecule has 0 spiro atoms. The van der Waals surface area contributed by atoms with Gasteiger partial charge in [0.25, 0.3) is 0 Å². The van der Waals surface area contributed by atoms with Crippen LogP contribution in [0.2, 0.25) is 0 Å². The highest BCUT2D eigenvalue weighted by molar-refractivity contribution is 5.91. The lowest BCUT2D eigenvalue weighted by atomic mass is 10.2. The van der Waals surface area contributed by atoms with Crippen molar-refractivity contribution in [3.8, 4) is 17.7 Å². The van der Waals surface area contributed by atoms with Crippen LogP contribution in [0.3, 0.4) is 0 Å². The Hall–Kier alpha value is -5.02. The van der Waals surface area contributed by atoms with E-state index in [1.807, 2.05) is 19.0 Å². The van der Waals surface area contributed by atoms with Gasteiger partial charge < -0.3 is 30.5 Å². The van der Waals surface area contributed by atoms with Crippen LogP contribution in [0, 0.1) is 17.7 Å². The van der Waals surface area contributed by atoms with Gasteiger partial charge in [0, 0.05) is 44.4 Å². The van der Waals surface area contributed by atoms with Crippen molar-refractivity contribution in [2.75, 3.05) is 58.5 Å². The highest BCUT2D eigenvalue weighted by Gasteiger charge is 2.10. The van der Waals surface area contributed by atoms with E-state index in [-0.39, 0.29) is 24.2 Å². The van der Waals surface area contributed by atoms with E-state index in [0.717, 1.165) is 0 Å². The minimum absolute atomic E-state index is 0.0261. The number of ether oxygens (including phenoxy) is 1. The first-order valence-corrected chi connectivity index (χ1v) is 13.2. The molecule has 2 heterocycles. The maximum atomic E-state index is 13.3. The van der Waals surface area contributed by atoms with Crippen molar-refractivity contribution in [1.82, 2.24) is 30.1 Å². The molecule has 3 N–H and O–H groups in total. The zero-order valence-electron chi connectivity index (χ0n) is 24.1. The molecule has 42 heavy (non-hydrogen) atoms. The van der Waals surface area contributed by atoms with Gasteiger partial charge in [0.15, 0.2) is 5.82 Å². The summed E-state index contributed by atoms with van der Waals surface area (Å²) in [4.78, 5) is 40.7. The van der Waals surface area contributed by atoms with Crippen LogP contribution < -0.4 is 20.7 Å². The van der Waals surface area contributed by atoms with Crippen molar-refractivity contribution < 1.29 is 18.7 Å². The third kappa shape index (κ3) is 10.9. The fourth-order valence-electron chi connectivity index (χ4n) is 3.41. The molecule has 0 radical (unpaired) electrons. The summed E-state index contributed by atoms with van der Waals surface area (Å²) >= 11 is 0. The average Bonchev–Trinajstić information content (AvgIpc) is 2.97.